The third kappa shape index (κ3) is 5.45. The molecule has 1 fully saturated rings. The van der Waals surface area contributed by atoms with Crippen molar-refractivity contribution in [1.29, 1.82) is 0 Å². The van der Waals surface area contributed by atoms with Gasteiger partial charge in [0.15, 0.2) is 6.10 Å². The van der Waals surface area contributed by atoms with Crippen LogP contribution in [0.3, 0.4) is 0 Å². The number of hydrogen-bond acceptors (Lipinski definition) is 5. The van der Waals surface area contributed by atoms with Gasteiger partial charge >= 0.3 is 12.0 Å². The normalized spacial score (nSPS) is 15.3. The molecule has 8 heteroatoms. The SMILES string of the molecule is COC(=O)c1ccc(OC(C)C(=O)NC(=O)NC2CCCC2)c(Br)c1. The predicted octanol–water partition coefficient (Wildman–Crippen LogP) is 2.77. The van der Waals surface area contributed by atoms with Crippen LogP contribution in [0.2, 0.25) is 0 Å². The summed E-state index contributed by atoms with van der Waals surface area (Å²) in [5, 5.41) is 5.06. The molecule has 1 atom stereocenters. The first-order valence-corrected chi connectivity index (χ1v) is 8.86. The average molecular weight is 413 g/mol. The molecule has 1 unspecified atom stereocenters. The minimum Gasteiger partial charge on any atom is -0.480 e. The molecule has 0 saturated heterocycles. The van der Waals surface area contributed by atoms with E-state index in [0.717, 1.165) is 25.7 Å². The number of halogens is 1. The van der Waals surface area contributed by atoms with Crippen LogP contribution in [0.4, 0.5) is 4.79 Å². The average Bonchev–Trinajstić information content (AvgIpc) is 3.08. The van der Waals surface area contributed by atoms with Crippen LogP contribution in [0.5, 0.6) is 5.75 Å². The van der Waals surface area contributed by atoms with Crippen LogP contribution in [-0.4, -0.2) is 37.2 Å². The summed E-state index contributed by atoms with van der Waals surface area (Å²) in [6, 6.07) is 4.25. The lowest BCUT2D eigenvalue weighted by Crippen LogP contribution is -2.47. The van der Waals surface area contributed by atoms with Gasteiger partial charge in [0.05, 0.1) is 17.1 Å². The Labute approximate surface area is 154 Å². The van der Waals surface area contributed by atoms with Crippen molar-refractivity contribution in [2.45, 2.75) is 44.8 Å². The fourth-order valence-electron chi connectivity index (χ4n) is 2.59. The van der Waals surface area contributed by atoms with E-state index >= 15 is 0 Å². The molecule has 0 heterocycles. The lowest BCUT2D eigenvalue weighted by Gasteiger charge is -2.17. The van der Waals surface area contributed by atoms with Crippen molar-refractivity contribution in [3.8, 4) is 5.75 Å². The Bertz CT molecular complexity index is 658. The maximum absolute atomic E-state index is 12.1. The molecule has 2 rings (SSSR count). The number of amides is 3. The van der Waals surface area contributed by atoms with Crippen LogP contribution in [0.1, 0.15) is 43.0 Å². The number of nitrogens with one attached hydrogen (secondary N) is 2. The van der Waals surface area contributed by atoms with E-state index in [-0.39, 0.29) is 6.04 Å². The Morgan fingerprint density at radius 3 is 2.52 bits per heavy atom. The highest BCUT2D eigenvalue weighted by Gasteiger charge is 2.22. The molecule has 1 aliphatic rings. The monoisotopic (exact) mass is 412 g/mol. The van der Waals surface area contributed by atoms with Gasteiger partial charge in [-0.15, -0.1) is 0 Å². The first-order chi connectivity index (χ1) is 11.9. The first-order valence-electron chi connectivity index (χ1n) is 8.06. The summed E-state index contributed by atoms with van der Waals surface area (Å²) in [5.74, 6) is -0.632. The molecule has 1 aromatic carbocycles. The summed E-state index contributed by atoms with van der Waals surface area (Å²) in [6.45, 7) is 1.54. The zero-order chi connectivity index (χ0) is 18.4. The maximum Gasteiger partial charge on any atom is 0.337 e. The fourth-order valence-corrected chi connectivity index (χ4v) is 3.06. The molecular weight excluding hydrogens is 392 g/mol. The van der Waals surface area contributed by atoms with Gasteiger partial charge in [-0.25, -0.2) is 9.59 Å². The highest BCUT2D eigenvalue weighted by molar-refractivity contribution is 9.10. The lowest BCUT2D eigenvalue weighted by molar-refractivity contribution is -0.126. The topological polar surface area (TPSA) is 93.7 Å². The first kappa shape index (κ1) is 19.2. The number of hydrogen-bond donors (Lipinski definition) is 2. The summed E-state index contributed by atoms with van der Waals surface area (Å²) in [6.07, 6.45) is 3.18. The van der Waals surface area contributed by atoms with E-state index < -0.39 is 24.0 Å². The van der Waals surface area contributed by atoms with Gasteiger partial charge in [0.1, 0.15) is 5.75 Å². The molecule has 1 saturated carbocycles. The second-order valence-corrected chi connectivity index (χ2v) is 6.70. The standard InChI is InChI=1S/C17H21BrN2O5/c1-10(15(21)20-17(23)19-12-5-3-4-6-12)25-14-8-7-11(9-13(14)18)16(22)24-2/h7-10,12H,3-6H2,1-2H3,(H2,19,20,21,23). The smallest absolute Gasteiger partial charge is 0.337 e. The number of urea groups is 1. The Kier molecular flexibility index (Phi) is 6.81. The van der Waals surface area contributed by atoms with Crippen LogP contribution < -0.4 is 15.4 Å². The summed E-state index contributed by atoms with van der Waals surface area (Å²) in [4.78, 5) is 35.4. The second kappa shape index (κ2) is 8.84. The zero-order valence-electron chi connectivity index (χ0n) is 14.1. The largest absolute Gasteiger partial charge is 0.480 e. The van der Waals surface area contributed by atoms with Gasteiger partial charge in [-0.1, -0.05) is 12.8 Å². The minimum atomic E-state index is -0.880. The molecule has 25 heavy (non-hydrogen) atoms. The van der Waals surface area contributed by atoms with Crippen molar-refractivity contribution in [1.82, 2.24) is 10.6 Å². The van der Waals surface area contributed by atoms with Crippen molar-refractivity contribution >= 4 is 33.8 Å². The van der Waals surface area contributed by atoms with Crippen LogP contribution in [0.15, 0.2) is 22.7 Å². The fraction of sp³-hybridized carbons (Fsp3) is 0.471. The van der Waals surface area contributed by atoms with Crippen LogP contribution in [0.25, 0.3) is 0 Å². The quantitative estimate of drug-likeness (QED) is 0.725. The third-order valence-corrected chi connectivity index (χ3v) is 4.57. The Morgan fingerprint density at radius 2 is 1.92 bits per heavy atom. The predicted molar refractivity (Wildman–Crippen MR) is 94.5 cm³/mol. The molecule has 1 aromatic rings. The van der Waals surface area contributed by atoms with E-state index in [1.54, 1.807) is 19.1 Å². The van der Waals surface area contributed by atoms with Crippen LogP contribution in [-0.2, 0) is 9.53 Å². The summed E-state index contributed by atoms with van der Waals surface area (Å²) < 4.78 is 10.7. The summed E-state index contributed by atoms with van der Waals surface area (Å²) in [5.41, 5.74) is 0.356. The second-order valence-electron chi connectivity index (χ2n) is 5.84. The number of imide groups is 1. The molecule has 136 valence electrons. The van der Waals surface area contributed by atoms with Gasteiger partial charge in [-0.2, -0.15) is 0 Å². The number of carbonyl (C=O) groups is 3. The van der Waals surface area contributed by atoms with Gasteiger partial charge in [0, 0.05) is 6.04 Å². The van der Waals surface area contributed by atoms with Gasteiger partial charge < -0.3 is 14.8 Å². The Balaban J connectivity index is 1.89. The van der Waals surface area contributed by atoms with E-state index in [4.69, 9.17) is 4.74 Å². The molecule has 0 aliphatic heterocycles. The molecule has 0 bridgehead atoms. The number of methoxy groups -OCH3 is 1. The Morgan fingerprint density at radius 1 is 1.24 bits per heavy atom. The molecular formula is C17H21BrN2O5. The Hall–Kier alpha value is -2.09. The van der Waals surface area contributed by atoms with Gasteiger partial charge in [0.25, 0.3) is 5.91 Å². The van der Waals surface area contributed by atoms with Gasteiger partial charge in [-0.3, -0.25) is 10.1 Å². The number of rotatable bonds is 5. The molecule has 0 aromatic heterocycles. The number of esters is 1. The minimum absolute atomic E-state index is 0.129. The van der Waals surface area contributed by atoms with E-state index in [0.29, 0.717) is 15.8 Å². The lowest BCUT2D eigenvalue weighted by atomic mass is 10.2. The highest BCUT2D eigenvalue weighted by Crippen LogP contribution is 2.27. The number of benzene rings is 1. The van der Waals surface area contributed by atoms with Crippen molar-refractivity contribution in [2.24, 2.45) is 0 Å². The van der Waals surface area contributed by atoms with Gasteiger partial charge in [-0.05, 0) is 53.9 Å². The zero-order valence-corrected chi connectivity index (χ0v) is 15.7. The highest BCUT2D eigenvalue weighted by atomic mass is 79.9. The number of ether oxygens (including phenoxy) is 2. The van der Waals surface area contributed by atoms with Crippen molar-refractivity contribution in [2.75, 3.05) is 7.11 Å². The van der Waals surface area contributed by atoms with E-state index in [1.807, 2.05) is 0 Å². The van der Waals surface area contributed by atoms with Crippen LogP contribution >= 0.6 is 15.9 Å². The molecule has 0 spiro atoms. The third-order valence-electron chi connectivity index (χ3n) is 3.95. The van der Waals surface area contributed by atoms with E-state index in [2.05, 4.69) is 31.3 Å². The van der Waals surface area contributed by atoms with E-state index in [9.17, 15) is 14.4 Å². The van der Waals surface area contributed by atoms with Crippen molar-refractivity contribution in [3.63, 3.8) is 0 Å². The number of carbonyl (C=O) groups excluding carboxylic acids is 3. The van der Waals surface area contributed by atoms with Gasteiger partial charge in [0.2, 0.25) is 0 Å². The summed E-state index contributed by atoms with van der Waals surface area (Å²) in [7, 11) is 1.30. The van der Waals surface area contributed by atoms with Crippen LogP contribution in [0, 0.1) is 0 Å². The molecule has 1 aliphatic carbocycles. The van der Waals surface area contributed by atoms with E-state index in [1.165, 1.54) is 13.2 Å². The molecule has 0 radical (unpaired) electrons. The molecule has 3 amide bonds. The van der Waals surface area contributed by atoms with Crippen molar-refractivity contribution < 1.29 is 23.9 Å². The maximum atomic E-state index is 12.1. The van der Waals surface area contributed by atoms with Crippen molar-refractivity contribution in [3.05, 3.63) is 28.2 Å². The molecule has 2 N–H and O–H groups in total. The molecule has 7 nitrogen and oxygen atoms in total. The summed E-state index contributed by atoms with van der Waals surface area (Å²) >= 11 is 3.29.